The van der Waals surface area contributed by atoms with Gasteiger partial charge < -0.3 is 11.1 Å². The summed E-state index contributed by atoms with van der Waals surface area (Å²) in [6, 6.07) is 8.95. The number of anilines is 1. The van der Waals surface area contributed by atoms with E-state index < -0.39 is 0 Å². The number of rotatable bonds is 5. The van der Waals surface area contributed by atoms with Crippen LogP contribution in [-0.4, -0.2) is 22.2 Å². The predicted octanol–water partition coefficient (Wildman–Crippen LogP) is 1.95. The number of benzene rings is 1. The minimum atomic E-state index is -0.134. The zero-order chi connectivity index (χ0) is 13.7. The maximum absolute atomic E-state index is 12.0. The summed E-state index contributed by atoms with van der Waals surface area (Å²) in [7, 11) is 0. The summed E-state index contributed by atoms with van der Waals surface area (Å²) in [6.45, 7) is 3.43. The maximum Gasteiger partial charge on any atom is 0.253 e. The summed E-state index contributed by atoms with van der Waals surface area (Å²) in [5.74, 6) is 0.166. The molecule has 1 unspecified atom stereocenters. The van der Waals surface area contributed by atoms with E-state index >= 15 is 0 Å². The highest BCUT2D eigenvalue weighted by atomic mass is 35.5. The fourth-order valence-electron chi connectivity index (χ4n) is 1.86. The number of nitrogens with zero attached hydrogens (tertiary/aromatic N) is 2. The van der Waals surface area contributed by atoms with Crippen molar-refractivity contribution in [3.8, 4) is 0 Å². The zero-order valence-electron chi connectivity index (χ0n) is 11.3. The van der Waals surface area contributed by atoms with Gasteiger partial charge in [0.15, 0.2) is 0 Å². The summed E-state index contributed by atoms with van der Waals surface area (Å²) in [5, 5.41) is 7.03. The molecule has 1 atom stereocenters. The molecule has 0 saturated carbocycles. The van der Waals surface area contributed by atoms with Crippen molar-refractivity contribution in [1.29, 1.82) is 0 Å². The molecule has 1 amide bonds. The fraction of sp³-hybridized carbons (Fsp3) is 0.286. The van der Waals surface area contributed by atoms with Crippen molar-refractivity contribution in [2.75, 3.05) is 12.3 Å². The Bertz CT molecular complexity index is 542. The van der Waals surface area contributed by atoms with Crippen LogP contribution in [0.5, 0.6) is 0 Å². The number of para-hydroxylation sites is 1. The number of aromatic nitrogens is 2. The number of amides is 1. The molecule has 6 heteroatoms. The maximum atomic E-state index is 12.0. The Hall–Kier alpha value is -2.01. The van der Waals surface area contributed by atoms with Gasteiger partial charge in [0.1, 0.15) is 0 Å². The fourth-order valence-corrected chi connectivity index (χ4v) is 1.86. The Morgan fingerprint density at radius 3 is 2.80 bits per heavy atom. The van der Waals surface area contributed by atoms with Crippen LogP contribution in [0.4, 0.5) is 5.69 Å². The molecule has 3 N–H and O–H groups in total. The molecule has 20 heavy (non-hydrogen) atoms. The molecule has 2 rings (SSSR count). The normalized spacial score (nSPS) is 11.4. The molecule has 1 aromatic carbocycles. The minimum Gasteiger partial charge on any atom is -0.398 e. The number of carbonyl (C=O) groups is 1. The molecule has 0 aliphatic carbocycles. The van der Waals surface area contributed by atoms with Gasteiger partial charge in [-0.15, -0.1) is 12.4 Å². The molecule has 0 spiro atoms. The van der Waals surface area contributed by atoms with Crippen LogP contribution in [0.2, 0.25) is 0 Å². The monoisotopic (exact) mass is 294 g/mol. The third kappa shape index (κ3) is 4.28. The van der Waals surface area contributed by atoms with Crippen LogP contribution in [0.3, 0.4) is 0 Å². The molecule has 5 nitrogen and oxygen atoms in total. The second-order valence-electron chi connectivity index (χ2n) is 4.63. The quantitative estimate of drug-likeness (QED) is 0.828. The van der Waals surface area contributed by atoms with Gasteiger partial charge in [-0.3, -0.25) is 9.48 Å². The first kappa shape index (κ1) is 16.0. The second-order valence-corrected chi connectivity index (χ2v) is 4.63. The molecule has 0 bridgehead atoms. The largest absolute Gasteiger partial charge is 0.398 e. The van der Waals surface area contributed by atoms with Gasteiger partial charge in [-0.2, -0.15) is 5.10 Å². The van der Waals surface area contributed by atoms with E-state index in [9.17, 15) is 4.79 Å². The van der Waals surface area contributed by atoms with Crippen molar-refractivity contribution in [2.45, 2.75) is 13.5 Å². The van der Waals surface area contributed by atoms with Gasteiger partial charge in [0, 0.05) is 31.2 Å². The third-order valence-electron chi connectivity index (χ3n) is 2.87. The van der Waals surface area contributed by atoms with E-state index in [2.05, 4.69) is 17.3 Å². The number of hydrogen-bond acceptors (Lipinski definition) is 3. The summed E-state index contributed by atoms with van der Waals surface area (Å²) < 4.78 is 1.85. The Kier molecular flexibility index (Phi) is 6.06. The molecule has 1 aromatic heterocycles. The van der Waals surface area contributed by atoms with E-state index in [1.54, 1.807) is 24.4 Å². The zero-order valence-corrected chi connectivity index (χ0v) is 12.1. The number of nitrogens with one attached hydrogen (secondary N) is 1. The van der Waals surface area contributed by atoms with Gasteiger partial charge in [0.05, 0.1) is 5.56 Å². The number of carbonyl (C=O) groups excluding carboxylic acids is 1. The van der Waals surface area contributed by atoms with Crippen LogP contribution in [-0.2, 0) is 6.54 Å². The minimum absolute atomic E-state index is 0. The van der Waals surface area contributed by atoms with Crippen LogP contribution >= 0.6 is 12.4 Å². The molecule has 2 aromatic rings. The van der Waals surface area contributed by atoms with Crippen molar-refractivity contribution in [3.05, 3.63) is 48.3 Å². The van der Waals surface area contributed by atoms with Crippen molar-refractivity contribution in [1.82, 2.24) is 15.1 Å². The molecule has 0 radical (unpaired) electrons. The Morgan fingerprint density at radius 2 is 2.15 bits per heavy atom. The van der Waals surface area contributed by atoms with Crippen LogP contribution in [0, 0.1) is 5.92 Å². The summed E-state index contributed by atoms with van der Waals surface area (Å²) >= 11 is 0. The molecule has 0 aliphatic heterocycles. The Morgan fingerprint density at radius 1 is 1.40 bits per heavy atom. The topological polar surface area (TPSA) is 72.9 Å². The molecular formula is C14H19ClN4O. The van der Waals surface area contributed by atoms with Crippen LogP contribution < -0.4 is 11.1 Å². The predicted molar refractivity (Wildman–Crippen MR) is 81.8 cm³/mol. The molecule has 1 heterocycles. The number of nitrogens with two attached hydrogens (primary N) is 1. The molecule has 108 valence electrons. The van der Waals surface area contributed by atoms with E-state index in [-0.39, 0.29) is 18.3 Å². The molecule has 0 saturated heterocycles. The van der Waals surface area contributed by atoms with Gasteiger partial charge in [-0.05, 0) is 24.1 Å². The lowest BCUT2D eigenvalue weighted by atomic mass is 10.1. The van der Waals surface area contributed by atoms with Gasteiger partial charge in [0.2, 0.25) is 0 Å². The van der Waals surface area contributed by atoms with Gasteiger partial charge in [-0.1, -0.05) is 19.1 Å². The van der Waals surface area contributed by atoms with Crippen LogP contribution in [0.15, 0.2) is 42.7 Å². The lowest BCUT2D eigenvalue weighted by Gasteiger charge is -2.13. The van der Waals surface area contributed by atoms with Crippen molar-refractivity contribution >= 4 is 24.0 Å². The van der Waals surface area contributed by atoms with Crippen LogP contribution in [0.1, 0.15) is 17.3 Å². The lowest BCUT2D eigenvalue weighted by Crippen LogP contribution is -2.30. The van der Waals surface area contributed by atoms with Crippen molar-refractivity contribution < 1.29 is 4.79 Å². The third-order valence-corrected chi connectivity index (χ3v) is 2.87. The van der Waals surface area contributed by atoms with E-state index in [0.29, 0.717) is 23.7 Å². The number of nitrogen functional groups attached to an aromatic ring is 1. The Labute approximate surface area is 124 Å². The van der Waals surface area contributed by atoms with Crippen LogP contribution in [0.25, 0.3) is 0 Å². The smallest absolute Gasteiger partial charge is 0.253 e. The summed E-state index contributed by atoms with van der Waals surface area (Å²) in [5.41, 5.74) is 6.78. The second kappa shape index (κ2) is 7.55. The average molecular weight is 295 g/mol. The first-order valence-corrected chi connectivity index (χ1v) is 6.27. The molecule has 0 aliphatic rings. The lowest BCUT2D eigenvalue weighted by molar-refractivity contribution is 0.0947. The summed E-state index contributed by atoms with van der Waals surface area (Å²) in [4.78, 5) is 12.0. The number of hydrogen-bond donors (Lipinski definition) is 2. The van der Waals surface area contributed by atoms with E-state index in [0.717, 1.165) is 6.54 Å². The average Bonchev–Trinajstić information content (AvgIpc) is 2.89. The first-order chi connectivity index (χ1) is 9.16. The molecule has 0 fully saturated rings. The highest BCUT2D eigenvalue weighted by Crippen LogP contribution is 2.10. The van der Waals surface area contributed by atoms with Gasteiger partial charge >= 0.3 is 0 Å². The van der Waals surface area contributed by atoms with Gasteiger partial charge in [-0.25, -0.2) is 0 Å². The summed E-state index contributed by atoms with van der Waals surface area (Å²) in [6.07, 6.45) is 3.66. The highest BCUT2D eigenvalue weighted by Gasteiger charge is 2.10. The number of halogens is 1. The van der Waals surface area contributed by atoms with E-state index in [4.69, 9.17) is 5.73 Å². The Balaban J connectivity index is 0.00000200. The highest BCUT2D eigenvalue weighted by molar-refractivity contribution is 5.99. The standard InChI is InChI=1S/C14H18N4O.ClH/c1-11(10-18-8-4-7-17-18)9-16-14(19)12-5-2-3-6-13(12)15;/h2-8,11H,9-10,15H2,1H3,(H,16,19);1H. The molecular weight excluding hydrogens is 276 g/mol. The van der Waals surface area contributed by atoms with Crippen molar-refractivity contribution in [3.63, 3.8) is 0 Å². The SMILES string of the molecule is CC(CNC(=O)c1ccccc1N)Cn1cccn1.Cl. The van der Waals surface area contributed by atoms with E-state index in [1.165, 1.54) is 0 Å². The van der Waals surface area contributed by atoms with Crippen molar-refractivity contribution in [2.24, 2.45) is 5.92 Å². The van der Waals surface area contributed by atoms with Gasteiger partial charge in [0.25, 0.3) is 5.91 Å². The van der Waals surface area contributed by atoms with E-state index in [1.807, 2.05) is 23.0 Å². The first-order valence-electron chi connectivity index (χ1n) is 6.27.